The molecule has 0 unspecified atom stereocenters. The number of rotatable bonds is 2. The Morgan fingerprint density at radius 2 is 2.06 bits per heavy atom. The molecule has 0 bridgehead atoms. The molecule has 1 aromatic carbocycles. The van der Waals surface area contributed by atoms with Crippen molar-refractivity contribution < 1.29 is 9.53 Å². The zero-order chi connectivity index (χ0) is 11.4. The summed E-state index contributed by atoms with van der Waals surface area (Å²) in [7, 11) is 1.38. The monoisotopic (exact) mass is 219 g/mol. The second-order valence-corrected chi connectivity index (χ2v) is 4.16. The van der Waals surface area contributed by atoms with E-state index >= 15 is 0 Å². The SMILES string of the molecule is COC(=O)NCc1ccc2c(c1)CCCC2. The Bertz CT molecular complexity index is 388. The molecule has 2 rings (SSSR count). The number of aryl methyl sites for hydroxylation is 2. The Balaban J connectivity index is 2.03. The maximum Gasteiger partial charge on any atom is 0.407 e. The van der Waals surface area contributed by atoms with Crippen LogP contribution in [0.3, 0.4) is 0 Å². The van der Waals surface area contributed by atoms with E-state index in [2.05, 4.69) is 28.3 Å². The number of benzene rings is 1. The third-order valence-corrected chi connectivity index (χ3v) is 3.04. The van der Waals surface area contributed by atoms with Gasteiger partial charge in [-0.1, -0.05) is 18.2 Å². The summed E-state index contributed by atoms with van der Waals surface area (Å²) in [5.41, 5.74) is 4.05. The van der Waals surface area contributed by atoms with Crippen LogP contribution in [0.15, 0.2) is 18.2 Å². The van der Waals surface area contributed by atoms with Crippen molar-refractivity contribution in [2.24, 2.45) is 0 Å². The van der Waals surface area contributed by atoms with E-state index in [1.165, 1.54) is 43.9 Å². The molecule has 0 heterocycles. The lowest BCUT2D eigenvalue weighted by Gasteiger charge is -2.16. The van der Waals surface area contributed by atoms with Gasteiger partial charge < -0.3 is 10.1 Å². The zero-order valence-electron chi connectivity index (χ0n) is 9.58. The van der Waals surface area contributed by atoms with Crippen molar-refractivity contribution in [2.45, 2.75) is 32.2 Å². The van der Waals surface area contributed by atoms with Crippen LogP contribution in [-0.4, -0.2) is 13.2 Å². The third-order valence-electron chi connectivity index (χ3n) is 3.04. The third kappa shape index (κ3) is 2.54. The molecule has 1 aromatic rings. The van der Waals surface area contributed by atoms with E-state index < -0.39 is 0 Å². The molecule has 1 aliphatic rings. The fourth-order valence-corrected chi connectivity index (χ4v) is 2.14. The van der Waals surface area contributed by atoms with E-state index in [9.17, 15) is 4.79 Å². The minimum absolute atomic E-state index is 0.377. The molecule has 16 heavy (non-hydrogen) atoms. The van der Waals surface area contributed by atoms with E-state index in [-0.39, 0.29) is 6.09 Å². The summed E-state index contributed by atoms with van der Waals surface area (Å²) in [6, 6.07) is 6.47. The fraction of sp³-hybridized carbons (Fsp3) is 0.462. The minimum Gasteiger partial charge on any atom is -0.453 e. The van der Waals surface area contributed by atoms with Gasteiger partial charge in [-0.25, -0.2) is 4.79 Å². The molecule has 3 nitrogen and oxygen atoms in total. The Morgan fingerprint density at radius 3 is 2.81 bits per heavy atom. The summed E-state index contributed by atoms with van der Waals surface area (Å²) >= 11 is 0. The Hall–Kier alpha value is -1.51. The van der Waals surface area contributed by atoms with Crippen LogP contribution in [0.5, 0.6) is 0 Å². The van der Waals surface area contributed by atoms with E-state index in [1.807, 2.05) is 0 Å². The van der Waals surface area contributed by atoms with E-state index in [4.69, 9.17) is 0 Å². The molecule has 0 radical (unpaired) electrons. The predicted molar refractivity (Wildman–Crippen MR) is 62.3 cm³/mol. The highest BCUT2D eigenvalue weighted by Gasteiger charge is 2.09. The number of methoxy groups -OCH3 is 1. The summed E-state index contributed by atoms with van der Waals surface area (Å²) in [4.78, 5) is 10.9. The lowest BCUT2D eigenvalue weighted by molar-refractivity contribution is 0.170. The molecule has 3 heteroatoms. The normalized spacial score (nSPS) is 14.1. The summed E-state index contributed by atoms with van der Waals surface area (Å²) in [6.07, 6.45) is 4.56. The first-order valence-corrected chi connectivity index (χ1v) is 5.72. The van der Waals surface area contributed by atoms with Crippen molar-refractivity contribution in [3.8, 4) is 0 Å². The van der Waals surface area contributed by atoms with Crippen LogP contribution in [0, 0.1) is 0 Å². The van der Waals surface area contributed by atoms with Crippen molar-refractivity contribution in [3.05, 3.63) is 34.9 Å². The van der Waals surface area contributed by atoms with Gasteiger partial charge in [-0.15, -0.1) is 0 Å². The molecular weight excluding hydrogens is 202 g/mol. The predicted octanol–water partition coefficient (Wildman–Crippen LogP) is 2.42. The Kier molecular flexibility index (Phi) is 3.44. The summed E-state index contributed by atoms with van der Waals surface area (Å²) in [5, 5.41) is 2.69. The van der Waals surface area contributed by atoms with Crippen molar-refractivity contribution in [1.82, 2.24) is 5.32 Å². The molecule has 0 spiro atoms. The molecular formula is C13H17NO2. The van der Waals surface area contributed by atoms with E-state index in [0.29, 0.717) is 6.54 Å². The van der Waals surface area contributed by atoms with Crippen LogP contribution in [0.4, 0.5) is 4.79 Å². The number of carbonyl (C=O) groups is 1. The number of nitrogens with one attached hydrogen (secondary N) is 1. The standard InChI is InChI=1S/C13H17NO2/c1-16-13(15)14-9-10-6-7-11-4-2-3-5-12(11)8-10/h6-8H,2-5,9H2,1H3,(H,14,15). The number of fused-ring (bicyclic) bond motifs is 1. The van der Waals surface area contributed by atoms with Gasteiger partial charge in [-0.05, 0) is 42.4 Å². The summed E-state index contributed by atoms with van der Waals surface area (Å²) in [5.74, 6) is 0. The van der Waals surface area contributed by atoms with Crippen LogP contribution < -0.4 is 5.32 Å². The van der Waals surface area contributed by atoms with Crippen LogP contribution in [0.2, 0.25) is 0 Å². The maximum atomic E-state index is 10.9. The largest absolute Gasteiger partial charge is 0.453 e. The van der Waals surface area contributed by atoms with Gasteiger partial charge in [0.15, 0.2) is 0 Å². The van der Waals surface area contributed by atoms with Gasteiger partial charge in [-0.3, -0.25) is 0 Å². The van der Waals surface area contributed by atoms with E-state index in [1.54, 1.807) is 0 Å². The Labute approximate surface area is 95.8 Å². The van der Waals surface area contributed by atoms with Gasteiger partial charge in [0.2, 0.25) is 0 Å². The first-order valence-electron chi connectivity index (χ1n) is 5.72. The zero-order valence-corrected chi connectivity index (χ0v) is 9.58. The highest BCUT2D eigenvalue weighted by molar-refractivity contribution is 5.66. The molecule has 86 valence electrons. The number of hydrogen-bond donors (Lipinski definition) is 1. The second-order valence-electron chi connectivity index (χ2n) is 4.16. The van der Waals surface area contributed by atoms with Crippen molar-refractivity contribution in [2.75, 3.05) is 7.11 Å². The van der Waals surface area contributed by atoms with Crippen LogP contribution in [-0.2, 0) is 24.1 Å². The van der Waals surface area contributed by atoms with Gasteiger partial charge in [0, 0.05) is 6.54 Å². The number of amides is 1. The molecule has 0 atom stereocenters. The molecule has 0 saturated heterocycles. The van der Waals surface area contributed by atoms with Gasteiger partial charge in [0.05, 0.1) is 7.11 Å². The molecule has 0 aromatic heterocycles. The average molecular weight is 219 g/mol. The smallest absolute Gasteiger partial charge is 0.407 e. The number of alkyl carbamates (subject to hydrolysis) is 1. The molecule has 1 amide bonds. The van der Waals surface area contributed by atoms with Crippen LogP contribution in [0.1, 0.15) is 29.5 Å². The van der Waals surface area contributed by atoms with Gasteiger partial charge >= 0.3 is 6.09 Å². The number of ether oxygens (including phenoxy) is 1. The topological polar surface area (TPSA) is 38.3 Å². The molecule has 0 saturated carbocycles. The molecule has 1 N–H and O–H groups in total. The van der Waals surface area contributed by atoms with Gasteiger partial charge in [-0.2, -0.15) is 0 Å². The van der Waals surface area contributed by atoms with Crippen molar-refractivity contribution >= 4 is 6.09 Å². The van der Waals surface area contributed by atoms with Crippen LogP contribution >= 0.6 is 0 Å². The summed E-state index contributed by atoms with van der Waals surface area (Å²) in [6.45, 7) is 0.542. The highest BCUT2D eigenvalue weighted by Crippen LogP contribution is 2.22. The summed E-state index contributed by atoms with van der Waals surface area (Å²) < 4.78 is 4.53. The minimum atomic E-state index is -0.377. The fourth-order valence-electron chi connectivity index (χ4n) is 2.14. The van der Waals surface area contributed by atoms with Crippen LogP contribution in [0.25, 0.3) is 0 Å². The first kappa shape index (κ1) is 11.0. The maximum absolute atomic E-state index is 10.9. The van der Waals surface area contributed by atoms with Gasteiger partial charge in [0.25, 0.3) is 0 Å². The number of carbonyl (C=O) groups excluding carboxylic acids is 1. The molecule has 1 aliphatic carbocycles. The highest BCUT2D eigenvalue weighted by atomic mass is 16.5. The quantitative estimate of drug-likeness (QED) is 0.829. The van der Waals surface area contributed by atoms with E-state index in [0.717, 1.165) is 5.56 Å². The Morgan fingerprint density at radius 1 is 1.31 bits per heavy atom. The average Bonchev–Trinajstić information content (AvgIpc) is 2.35. The lowest BCUT2D eigenvalue weighted by Crippen LogP contribution is -2.22. The molecule has 0 fully saturated rings. The lowest BCUT2D eigenvalue weighted by atomic mass is 9.90. The molecule has 0 aliphatic heterocycles. The second kappa shape index (κ2) is 5.01. The first-order chi connectivity index (χ1) is 7.79. The number of hydrogen-bond acceptors (Lipinski definition) is 2. The van der Waals surface area contributed by atoms with Gasteiger partial charge in [0.1, 0.15) is 0 Å². The van der Waals surface area contributed by atoms with Crippen molar-refractivity contribution in [3.63, 3.8) is 0 Å². The van der Waals surface area contributed by atoms with Crippen molar-refractivity contribution in [1.29, 1.82) is 0 Å².